The molecule has 0 radical (unpaired) electrons. The molecule has 0 aromatic heterocycles. The summed E-state index contributed by atoms with van der Waals surface area (Å²) in [6.07, 6.45) is 97.3. The van der Waals surface area contributed by atoms with E-state index in [1.165, 1.54) is 398 Å². The first-order chi connectivity index (χ1) is 47.5. The molecular weight excluding hydrogens is 1340 g/mol. The van der Waals surface area contributed by atoms with E-state index < -0.39 is 23.9 Å². The zero-order valence-corrected chi connectivity index (χ0v) is 72.7. The molecule has 98 heavy (non-hydrogen) atoms. The Bertz CT molecular complexity index is 1230. The van der Waals surface area contributed by atoms with Crippen molar-refractivity contribution < 1.29 is 39.6 Å². The summed E-state index contributed by atoms with van der Waals surface area (Å²) in [6, 6.07) is 0. The fourth-order valence-electron chi connectivity index (χ4n) is 12.7. The third kappa shape index (κ3) is 129. The number of carboxylic acid groups (broad SMARTS) is 4. The summed E-state index contributed by atoms with van der Waals surface area (Å²) in [5, 5.41) is 40.9. The van der Waals surface area contributed by atoms with Gasteiger partial charge in [-0.2, -0.15) is 0 Å². The first kappa shape index (κ1) is 109. The predicted molar refractivity (Wildman–Crippen MR) is 426 cm³/mol. The molecule has 8 nitrogen and oxygen atoms in total. The summed E-state index contributed by atoms with van der Waals surface area (Å²) in [5.74, 6) is -3.61. The van der Waals surface area contributed by atoms with Gasteiger partial charge in [-0.1, -0.05) is 387 Å². The molecule has 0 saturated carbocycles. The molecule has 0 rings (SSSR count). The molecule has 0 aliphatic rings. The summed E-state index contributed by atoms with van der Waals surface area (Å²) >= 11 is 0.0736. The Morgan fingerprint density at radius 3 is 0.357 bits per heavy atom. The van der Waals surface area contributed by atoms with E-state index in [9.17, 15) is 39.6 Å². The zero-order chi connectivity index (χ0) is 72.2. The summed E-state index contributed by atoms with van der Waals surface area (Å²) in [6.45, 7) is 13.7. The van der Waals surface area contributed by atoms with Gasteiger partial charge in [0.15, 0.2) is 0 Å². The molecule has 0 N–H and O–H groups in total. The molecule has 0 saturated heterocycles. The van der Waals surface area contributed by atoms with Crippen LogP contribution in [-0.2, 0) is 19.2 Å². The molecule has 0 bridgehead atoms. The standard InChI is InChI=1S/4C18H36O2.2C8H17.Ca.Sn/c4*1-2-3-4-5-6-7-8-9-10-11-12-13-14-15-16-17-18(19)20;2*1-3-5-7-8-6-4-2;;/h4*2-17H2,1H3,(H,19,20);2*1,3-8H2,2H3;;/q;;;;;;2*+2/p-4. The van der Waals surface area contributed by atoms with Crippen LogP contribution in [0, 0.1) is 0 Å². The van der Waals surface area contributed by atoms with Gasteiger partial charge in [0, 0.05) is 23.9 Å². The van der Waals surface area contributed by atoms with Crippen molar-refractivity contribution in [2.24, 2.45) is 0 Å². The van der Waals surface area contributed by atoms with Gasteiger partial charge in [-0.25, -0.2) is 0 Å². The monoisotopic (exact) mass is 1520 g/mol. The quantitative estimate of drug-likeness (QED) is 0.0430. The second-order valence-corrected chi connectivity index (χ2v) is 33.9. The van der Waals surface area contributed by atoms with Crippen LogP contribution in [0.5, 0.6) is 0 Å². The maximum absolute atomic E-state index is 10.2. The number of hydrogen-bond donors (Lipinski definition) is 0. The molecule has 0 aliphatic carbocycles. The van der Waals surface area contributed by atoms with Crippen LogP contribution in [0.2, 0.25) is 8.87 Å². The first-order valence-electron chi connectivity index (χ1n) is 44.0. The topological polar surface area (TPSA) is 161 Å². The largest absolute Gasteiger partial charge is 2.00 e. The van der Waals surface area contributed by atoms with Gasteiger partial charge in [0.2, 0.25) is 0 Å². The number of unbranched alkanes of at least 4 members (excludes halogenated alkanes) is 66. The van der Waals surface area contributed by atoms with E-state index in [1.54, 1.807) is 21.7 Å². The molecule has 0 heterocycles. The Kier molecular flexibility index (Phi) is 120. The van der Waals surface area contributed by atoms with Crippen LogP contribution in [0.15, 0.2) is 0 Å². The van der Waals surface area contributed by atoms with Crippen LogP contribution in [0.1, 0.15) is 530 Å². The second kappa shape index (κ2) is 108. The maximum atomic E-state index is 10.2. The van der Waals surface area contributed by atoms with E-state index >= 15 is 0 Å². The average molecular weight is 1520 g/mol. The summed E-state index contributed by atoms with van der Waals surface area (Å²) in [7, 11) is 0. The summed E-state index contributed by atoms with van der Waals surface area (Å²) in [4.78, 5) is 40.9. The normalized spacial score (nSPS) is 10.7. The van der Waals surface area contributed by atoms with E-state index in [2.05, 4.69) is 41.5 Å². The van der Waals surface area contributed by atoms with E-state index in [4.69, 9.17) is 0 Å². The molecule has 10 heteroatoms. The van der Waals surface area contributed by atoms with Crippen LogP contribution >= 0.6 is 0 Å². The van der Waals surface area contributed by atoms with Crippen molar-refractivity contribution in [1.82, 2.24) is 0 Å². The summed E-state index contributed by atoms with van der Waals surface area (Å²) < 4.78 is 3.31. The van der Waals surface area contributed by atoms with Gasteiger partial charge in [0.05, 0.1) is 0 Å². The molecule has 0 fully saturated rings. The fraction of sp³-hybridized carbons (Fsp3) is 0.955. The van der Waals surface area contributed by atoms with Crippen molar-refractivity contribution in [3.8, 4) is 0 Å². The van der Waals surface area contributed by atoms with Crippen molar-refractivity contribution in [3.63, 3.8) is 0 Å². The van der Waals surface area contributed by atoms with Crippen LogP contribution in [0.25, 0.3) is 0 Å². The SMILES string of the molecule is CCCCCCCCCCCCCCCCCC(=O)[O-].CCCCCCCCCCCCCCCCCC(=O)[O-].CCCCCCCCCCCCCCCCCC(=O)[O-].CCCCCCCCCCCCCCCCCC(=O)[O-].CCCCCCC[CH2][Sn+2][CH2]CCCCCCC.[Ca+2]. The van der Waals surface area contributed by atoms with Crippen LogP contribution in [0.4, 0.5) is 0 Å². The Balaban J connectivity index is -0.000000270. The minimum absolute atomic E-state index is 0. The van der Waals surface area contributed by atoms with Crippen molar-refractivity contribution >= 4 is 82.8 Å². The third-order valence-corrected chi connectivity index (χ3v) is 23.4. The van der Waals surface area contributed by atoms with Crippen molar-refractivity contribution in [2.45, 2.75) is 538 Å². The number of carboxylic acids is 4. The molecule has 0 aromatic carbocycles. The van der Waals surface area contributed by atoms with E-state index in [0.717, 1.165) is 51.4 Å². The molecule has 0 atom stereocenters. The fourth-order valence-corrected chi connectivity index (χ4v) is 16.3. The van der Waals surface area contributed by atoms with Crippen molar-refractivity contribution in [2.75, 3.05) is 0 Å². The Hall–Kier alpha value is -0.0616. The molecule has 0 aliphatic heterocycles. The van der Waals surface area contributed by atoms with E-state index in [1.807, 2.05) is 0 Å². The number of aliphatic carboxylic acids is 4. The van der Waals surface area contributed by atoms with Gasteiger partial charge in [-0.15, -0.1) is 0 Å². The van der Waals surface area contributed by atoms with Gasteiger partial charge in [0.25, 0.3) is 0 Å². The predicted octanol–water partition coefficient (Wildman–Crippen LogP) is 25.9. The van der Waals surface area contributed by atoms with Gasteiger partial charge in [-0.05, 0) is 51.4 Å². The number of carbonyl (C=O) groups is 4. The van der Waals surface area contributed by atoms with Crippen molar-refractivity contribution in [3.05, 3.63) is 0 Å². The maximum Gasteiger partial charge on any atom is 2.00 e. The average Bonchev–Trinajstić information content (AvgIpc) is 3.61. The van der Waals surface area contributed by atoms with Gasteiger partial charge >= 0.3 is 159 Å². The van der Waals surface area contributed by atoms with Crippen molar-refractivity contribution in [1.29, 1.82) is 0 Å². The molecule has 0 amide bonds. The number of hydrogen-bond acceptors (Lipinski definition) is 8. The van der Waals surface area contributed by atoms with E-state index in [0.29, 0.717) is 0 Å². The van der Waals surface area contributed by atoms with Gasteiger partial charge in [0.1, 0.15) is 0 Å². The summed E-state index contributed by atoms with van der Waals surface area (Å²) in [5.41, 5.74) is 0. The van der Waals surface area contributed by atoms with E-state index in [-0.39, 0.29) is 84.6 Å². The Labute approximate surface area is 655 Å². The molecule has 580 valence electrons. The second-order valence-electron chi connectivity index (χ2n) is 29.6. The zero-order valence-electron chi connectivity index (χ0n) is 67.6. The molecule has 0 spiro atoms. The number of rotatable bonds is 78. The van der Waals surface area contributed by atoms with Gasteiger partial charge < -0.3 is 39.6 Å². The van der Waals surface area contributed by atoms with Crippen LogP contribution in [0.3, 0.4) is 0 Å². The Morgan fingerprint density at radius 2 is 0.255 bits per heavy atom. The molecule has 0 aromatic rings. The van der Waals surface area contributed by atoms with Crippen LogP contribution < -0.4 is 20.4 Å². The Morgan fingerprint density at radius 1 is 0.163 bits per heavy atom. The van der Waals surface area contributed by atoms with Crippen LogP contribution in [-0.4, -0.2) is 82.8 Å². The minimum atomic E-state index is -0.903. The minimum Gasteiger partial charge on any atom is 2.00 e. The van der Waals surface area contributed by atoms with Gasteiger partial charge in [-0.3, -0.25) is 0 Å². The third-order valence-electron chi connectivity index (χ3n) is 19.4. The number of carbonyl (C=O) groups excluding carboxylic acids is 4. The first-order valence-corrected chi connectivity index (χ1v) is 48.0. The molecule has 0 unspecified atom stereocenters. The smallest absolute Gasteiger partial charge is 2.00 e. The molecular formula is C88H174CaO8Sn.